The van der Waals surface area contributed by atoms with Crippen molar-refractivity contribution in [3.63, 3.8) is 0 Å². The molecule has 54 valence electrons. The van der Waals surface area contributed by atoms with Gasteiger partial charge in [0.15, 0.2) is 23.0 Å². The zero-order valence-corrected chi connectivity index (χ0v) is 7.54. The van der Waals surface area contributed by atoms with Gasteiger partial charge >= 0.3 is 0 Å². The van der Waals surface area contributed by atoms with Crippen molar-refractivity contribution >= 4 is 23.0 Å². The van der Waals surface area contributed by atoms with Gasteiger partial charge in [-0.15, -0.1) is 0 Å². The molecule has 10 heavy (non-hydrogen) atoms. The summed E-state index contributed by atoms with van der Waals surface area (Å²) in [4.78, 5) is 0. The van der Waals surface area contributed by atoms with E-state index in [1.807, 2.05) is 47.3 Å². The van der Waals surface area contributed by atoms with E-state index in [1.165, 1.54) is 0 Å². The molecule has 0 fully saturated rings. The van der Waals surface area contributed by atoms with Crippen molar-refractivity contribution in [3.8, 4) is 5.75 Å². The first-order chi connectivity index (χ1) is 4.86. The Hall–Kier alpha value is -0.290. The fraction of sp³-hybridized carbons (Fsp3) is 0.143. The molecule has 0 radical (unpaired) electrons. The predicted molar refractivity (Wildman–Crippen MR) is 49.0 cm³/mol. The van der Waals surface area contributed by atoms with Crippen LogP contribution in [0.5, 0.6) is 5.75 Å². The lowest BCUT2D eigenvalue weighted by atomic mass is 10.2. The predicted octanol–water partition coefficient (Wildman–Crippen LogP) is 1.87. The molecule has 0 aliphatic heterocycles. The Morgan fingerprint density at radius 2 is 2.30 bits per heavy atom. The summed E-state index contributed by atoms with van der Waals surface area (Å²) in [6, 6.07) is 7.72. The summed E-state index contributed by atoms with van der Waals surface area (Å²) in [5, 5.41) is 0. The Morgan fingerprint density at radius 3 is 2.90 bits per heavy atom. The molecular weight excluding hydrogens is 241 g/mol. The molecule has 0 bridgehead atoms. The third-order valence-corrected chi connectivity index (χ3v) is 1.73. The van der Waals surface area contributed by atoms with Crippen LogP contribution in [0.3, 0.4) is 0 Å². The number of hydrogen-bond donors (Lipinski definition) is 1. The largest absolute Gasteiger partial charge is 0.428 e. The minimum atomic E-state index is 0.563. The summed E-state index contributed by atoms with van der Waals surface area (Å²) < 4.78 is 4.97. The van der Waals surface area contributed by atoms with E-state index in [1.54, 1.807) is 0 Å². The van der Waals surface area contributed by atoms with Crippen LogP contribution in [0.2, 0.25) is 0 Å². The maximum absolute atomic E-state index is 5.42. The second-order valence-corrected chi connectivity index (χ2v) is 2.37. The number of halogens is 1. The third kappa shape index (κ3) is 1.85. The lowest BCUT2D eigenvalue weighted by Crippen LogP contribution is -1.95. The van der Waals surface area contributed by atoms with E-state index < -0.39 is 0 Å². The Balaban J connectivity index is 2.87. The Kier molecular flexibility index (Phi) is 2.95. The van der Waals surface area contributed by atoms with Crippen LogP contribution in [0.4, 0.5) is 0 Å². The molecule has 2 nitrogen and oxygen atoms in total. The summed E-state index contributed by atoms with van der Waals surface area (Å²) in [6.45, 7) is 0.563. The summed E-state index contributed by atoms with van der Waals surface area (Å²) in [7, 11) is 0. The van der Waals surface area contributed by atoms with E-state index in [0.717, 1.165) is 11.3 Å². The van der Waals surface area contributed by atoms with Crippen LogP contribution in [-0.2, 0) is 6.54 Å². The fourth-order valence-electron chi connectivity index (χ4n) is 0.720. The summed E-state index contributed by atoms with van der Waals surface area (Å²) >= 11 is 1.85. The van der Waals surface area contributed by atoms with Gasteiger partial charge in [-0.2, -0.15) is 0 Å². The highest BCUT2D eigenvalue weighted by Gasteiger charge is 1.91. The Bertz CT molecular complexity index is 195. The van der Waals surface area contributed by atoms with Crippen molar-refractivity contribution in [3.05, 3.63) is 29.8 Å². The first-order valence-corrected chi connectivity index (χ1v) is 3.82. The van der Waals surface area contributed by atoms with Crippen LogP contribution < -0.4 is 8.80 Å². The van der Waals surface area contributed by atoms with Crippen molar-refractivity contribution in [2.45, 2.75) is 6.54 Å². The monoisotopic (exact) mass is 249 g/mol. The normalized spacial score (nSPS) is 9.40. The van der Waals surface area contributed by atoms with E-state index in [0.29, 0.717) is 6.54 Å². The highest BCUT2D eigenvalue weighted by Crippen LogP contribution is 2.14. The van der Waals surface area contributed by atoms with Gasteiger partial charge < -0.3 is 8.80 Å². The van der Waals surface area contributed by atoms with Crippen LogP contribution >= 0.6 is 23.0 Å². The van der Waals surface area contributed by atoms with Crippen LogP contribution in [-0.4, -0.2) is 0 Å². The highest BCUT2D eigenvalue weighted by molar-refractivity contribution is 14.1. The van der Waals surface area contributed by atoms with Gasteiger partial charge in [0.2, 0.25) is 0 Å². The maximum Gasteiger partial charge on any atom is 0.192 e. The smallest absolute Gasteiger partial charge is 0.192 e. The number of benzene rings is 1. The summed E-state index contributed by atoms with van der Waals surface area (Å²) in [5.41, 5.74) is 6.51. The summed E-state index contributed by atoms with van der Waals surface area (Å²) in [6.07, 6.45) is 0. The lowest BCUT2D eigenvalue weighted by Gasteiger charge is -1.98. The van der Waals surface area contributed by atoms with E-state index >= 15 is 0 Å². The van der Waals surface area contributed by atoms with Gasteiger partial charge in [-0.1, -0.05) is 12.1 Å². The Morgan fingerprint density at radius 1 is 1.50 bits per heavy atom. The van der Waals surface area contributed by atoms with Crippen molar-refractivity contribution in [1.82, 2.24) is 0 Å². The van der Waals surface area contributed by atoms with Crippen LogP contribution in [0.25, 0.3) is 0 Å². The lowest BCUT2D eigenvalue weighted by molar-refractivity contribution is 0.714. The molecule has 0 spiro atoms. The van der Waals surface area contributed by atoms with Crippen LogP contribution in [0, 0.1) is 0 Å². The van der Waals surface area contributed by atoms with E-state index in [-0.39, 0.29) is 0 Å². The molecule has 0 aliphatic rings. The van der Waals surface area contributed by atoms with Crippen molar-refractivity contribution in [2.75, 3.05) is 0 Å². The van der Waals surface area contributed by atoms with E-state index in [4.69, 9.17) is 8.80 Å². The number of nitrogens with two attached hydrogens (primary N) is 1. The van der Waals surface area contributed by atoms with Crippen molar-refractivity contribution < 1.29 is 3.07 Å². The van der Waals surface area contributed by atoms with Gasteiger partial charge in [0.25, 0.3) is 0 Å². The molecule has 0 saturated carbocycles. The first-order valence-electron chi connectivity index (χ1n) is 2.94. The quantitative estimate of drug-likeness (QED) is 0.812. The minimum absolute atomic E-state index is 0.563. The van der Waals surface area contributed by atoms with Crippen LogP contribution in [0.1, 0.15) is 5.56 Å². The molecule has 0 aliphatic carbocycles. The Labute approximate surface area is 74.1 Å². The second-order valence-electron chi connectivity index (χ2n) is 1.93. The third-order valence-electron chi connectivity index (χ3n) is 1.22. The molecular formula is C7H8INO. The molecule has 0 aromatic heterocycles. The van der Waals surface area contributed by atoms with Crippen molar-refractivity contribution in [2.24, 2.45) is 5.73 Å². The zero-order chi connectivity index (χ0) is 7.40. The SMILES string of the molecule is NCc1cccc(OI)c1. The highest BCUT2D eigenvalue weighted by atomic mass is 127. The molecule has 3 heteroatoms. The minimum Gasteiger partial charge on any atom is -0.428 e. The van der Waals surface area contributed by atoms with Gasteiger partial charge in [-0.05, 0) is 17.7 Å². The standard InChI is InChI=1S/C7H8INO/c8-10-7-3-1-2-6(4-7)5-9/h1-4H,5,9H2. The van der Waals surface area contributed by atoms with Gasteiger partial charge in [0.1, 0.15) is 5.75 Å². The average Bonchev–Trinajstić information content (AvgIpc) is 2.05. The fourth-order valence-corrected chi connectivity index (χ4v) is 0.994. The molecule has 1 aromatic carbocycles. The molecule has 1 rings (SSSR count). The first kappa shape index (κ1) is 7.81. The average molecular weight is 249 g/mol. The summed E-state index contributed by atoms with van der Waals surface area (Å²) in [5.74, 6) is 0.851. The molecule has 0 atom stereocenters. The molecule has 1 aromatic rings. The van der Waals surface area contributed by atoms with Gasteiger partial charge in [-0.25, -0.2) is 0 Å². The molecule has 0 amide bonds. The van der Waals surface area contributed by atoms with E-state index in [2.05, 4.69) is 0 Å². The second kappa shape index (κ2) is 3.78. The number of hydrogen-bond acceptors (Lipinski definition) is 2. The van der Waals surface area contributed by atoms with Gasteiger partial charge in [0.05, 0.1) is 0 Å². The van der Waals surface area contributed by atoms with E-state index in [9.17, 15) is 0 Å². The zero-order valence-electron chi connectivity index (χ0n) is 5.38. The topological polar surface area (TPSA) is 35.2 Å². The molecule has 0 saturated heterocycles. The molecule has 0 unspecified atom stereocenters. The van der Waals surface area contributed by atoms with Crippen molar-refractivity contribution in [1.29, 1.82) is 0 Å². The van der Waals surface area contributed by atoms with Gasteiger partial charge in [-0.3, -0.25) is 0 Å². The van der Waals surface area contributed by atoms with Gasteiger partial charge in [0, 0.05) is 6.54 Å². The molecule has 0 heterocycles. The molecule has 2 N–H and O–H groups in total. The maximum atomic E-state index is 5.42. The number of rotatable bonds is 2. The van der Waals surface area contributed by atoms with Crippen LogP contribution in [0.15, 0.2) is 24.3 Å².